The Kier molecular flexibility index (Phi) is 8.69. The van der Waals surface area contributed by atoms with Gasteiger partial charge in [-0.1, -0.05) is 0 Å². The summed E-state index contributed by atoms with van der Waals surface area (Å²) in [5.74, 6) is -2.28. The second-order valence-electron chi connectivity index (χ2n) is 4.35. The predicted molar refractivity (Wildman–Crippen MR) is 73.5 cm³/mol. The summed E-state index contributed by atoms with van der Waals surface area (Å²) in [6.07, 6.45) is -7.09. The molecule has 0 heterocycles. The van der Waals surface area contributed by atoms with Crippen LogP contribution in [0.5, 0.6) is 0 Å². The first-order valence-electron chi connectivity index (χ1n) is 5.74. The number of carboxylic acids is 1. The van der Waals surface area contributed by atoms with Crippen LogP contribution in [0.2, 0.25) is 0 Å². The molecule has 0 aromatic carbocycles. The van der Waals surface area contributed by atoms with E-state index >= 15 is 0 Å². The molecule has 0 fully saturated rings. The molecule has 0 aliphatic heterocycles. The van der Waals surface area contributed by atoms with E-state index in [4.69, 9.17) is 19.9 Å². The van der Waals surface area contributed by atoms with Gasteiger partial charge >= 0.3 is 5.97 Å². The largest absolute Gasteiger partial charge is 0.480 e. The molecular formula is C9H19NO9S2. The molecule has 0 bridgehead atoms. The smallest absolute Gasteiger partial charge is 0.321 e. The number of carbonyl (C=O) groups is 1. The average Bonchev–Trinajstić information content (AvgIpc) is 2.38. The molecule has 10 nitrogen and oxygen atoms in total. The molecule has 0 saturated carbocycles. The Morgan fingerprint density at radius 3 is 2.00 bits per heavy atom. The third-order valence-corrected chi connectivity index (χ3v) is 3.74. The quantitative estimate of drug-likeness (QED) is 0.190. The first kappa shape index (κ1) is 20.6. The third kappa shape index (κ3) is 7.94. The van der Waals surface area contributed by atoms with Crippen LogP contribution in [0.15, 0.2) is 0 Å². The normalized spacial score (nSPS) is 21.8. The molecule has 8 N–H and O–H groups in total. The zero-order valence-corrected chi connectivity index (χ0v) is 12.4. The number of rotatable bonds is 10. The lowest BCUT2D eigenvalue weighted by molar-refractivity contribution is -0.139. The molecule has 126 valence electrons. The SMILES string of the molecule is O=C(O)C(CS(=O)(O)=S)NCC(O)C(O)C(O)C(O)CO. The molecule has 0 spiro atoms. The van der Waals surface area contributed by atoms with Crippen molar-refractivity contribution in [1.29, 1.82) is 0 Å². The summed E-state index contributed by atoms with van der Waals surface area (Å²) < 4.78 is 19.9. The molecule has 0 aromatic rings. The van der Waals surface area contributed by atoms with Crippen molar-refractivity contribution in [3.63, 3.8) is 0 Å². The van der Waals surface area contributed by atoms with Crippen LogP contribution in [-0.2, 0) is 24.8 Å². The minimum absolute atomic E-state index is 0.557. The van der Waals surface area contributed by atoms with Gasteiger partial charge < -0.3 is 40.5 Å². The number of nitrogens with one attached hydrogen (secondary N) is 1. The molecule has 21 heavy (non-hydrogen) atoms. The maximum atomic E-state index is 11.0. The number of hydrogen-bond donors (Lipinski definition) is 8. The Hall–Kier alpha value is -0.440. The molecule has 0 saturated heterocycles. The second kappa shape index (κ2) is 8.87. The van der Waals surface area contributed by atoms with Crippen molar-refractivity contribution < 1.29 is 44.2 Å². The van der Waals surface area contributed by atoms with Crippen molar-refractivity contribution in [2.45, 2.75) is 30.5 Å². The maximum Gasteiger partial charge on any atom is 0.321 e. The van der Waals surface area contributed by atoms with Gasteiger partial charge in [0.05, 0.1) is 18.5 Å². The third-order valence-electron chi connectivity index (χ3n) is 2.57. The summed E-state index contributed by atoms with van der Waals surface area (Å²) in [6, 6.07) is -1.54. The van der Waals surface area contributed by atoms with E-state index < -0.39 is 64.1 Å². The topological polar surface area (TPSA) is 188 Å². The van der Waals surface area contributed by atoms with E-state index in [-0.39, 0.29) is 0 Å². The van der Waals surface area contributed by atoms with E-state index in [1.165, 1.54) is 0 Å². The molecule has 0 amide bonds. The Bertz CT molecular complexity index is 429. The minimum atomic E-state index is -3.75. The van der Waals surface area contributed by atoms with Gasteiger partial charge in [0.15, 0.2) is 0 Å². The van der Waals surface area contributed by atoms with Crippen LogP contribution in [0.1, 0.15) is 0 Å². The van der Waals surface area contributed by atoms with Crippen LogP contribution >= 0.6 is 0 Å². The van der Waals surface area contributed by atoms with Crippen LogP contribution in [0.4, 0.5) is 0 Å². The molecule has 0 aliphatic rings. The number of carboxylic acid groups (broad SMARTS) is 1. The summed E-state index contributed by atoms with van der Waals surface area (Å²) in [7, 11) is -3.75. The zero-order valence-electron chi connectivity index (χ0n) is 10.8. The number of hydrogen-bond acceptors (Lipinski definition) is 9. The van der Waals surface area contributed by atoms with Crippen molar-refractivity contribution in [2.75, 3.05) is 18.9 Å². The van der Waals surface area contributed by atoms with Crippen LogP contribution in [0.25, 0.3) is 0 Å². The van der Waals surface area contributed by atoms with Gasteiger partial charge in [0.1, 0.15) is 33.1 Å². The summed E-state index contributed by atoms with van der Waals surface area (Å²) in [5, 5.41) is 57.1. The van der Waals surface area contributed by atoms with Crippen LogP contribution in [0, 0.1) is 0 Å². The average molecular weight is 349 g/mol. The first-order valence-corrected chi connectivity index (χ1v) is 8.35. The zero-order chi connectivity index (χ0) is 16.8. The summed E-state index contributed by atoms with van der Waals surface area (Å²) in [5.41, 5.74) is 0. The maximum absolute atomic E-state index is 11.0. The van der Waals surface area contributed by atoms with Crippen molar-refractivity contribution in [1.82, 2.24) is 5.32 Å². The highest BCUT2D eigenvalue weighted by molar-refractivity contribution is 8.29. The standard InChI is InChI=1S/C9H19NO9S2/c11-2-6(13)8(15)7(14)5(12)1-10-4(9(16)17)3-21(18,19)20/h4-8,10-15H,1-3H2,(H,16,17)(H,18,19,20). The Labute approximate surface area is 125 Å². The molecule has 0 rings (SSSR count). The molecular weight excluding hydrogens is 330 g/mol. The predicted octanol–water partition coefficient (Wildman–Crippen LogP) is -4.32. The molecule has 6 unspecified atom stereocenters. The number of aliphatic hydroxyl groups excluding tert-OH is 5. The van der Waals surface area contributed by atoms with Crippen molar-refractivity contribution in [3.05, 3.63) is 0 Å². The highest BCUT2D eigenvalue weighted by Gasteiger charge is 2.31. The van der Waals surface area contributed by atoms with Gasteiger partial charge in [0.25, 0.3) is 0 Å². The van der Waals surface area contributed by atoms with E-state index in [1.807, 2.05) is 0 Å². The highest BCUT2D eigenvalue weighted by Crippen LogP contribution is 2.05. The fraction of sp³-hybridized carbons (Fsp3) is 0.889. The molecule has 0 aromatic heterocycles. The van der Waals surface area contributed by atoms with E-state index in [9.17, 15) is 24.3 Å². The van der Waals surface area contributed by atoms with Gasteiger partial charge in [-0.15, -0.1) is 0 Å². The van der Waals surface area contributed by atoms with Gasteiger partial charge in [-0.2, -0.15) is 0 Å². The fourth-order valence-electron chi connectivity index (χ4n) is 1.38. The lowest BCUT2D eigenvalue weighted by atomic mass is 10.0. The van der Waals surface area contributed by atoms with E-state index in [1.54, 1.807) is 0 Å². The molecule has 6 atom stereocenters. The number of aliphatic hydroxyl groups is 5. The Morgan fingerprint density at radius 2 is 1.62 bits per heavy atom. The molecule has 0 aliphatic carbocycles. The first-order chi connectivity index (χ1) is 9.49. The minimum Gasteiger partial charge on any atom is -0.480 e. The lowest BCUT2D eigenvalue weighted by Gasteiger charge is -2.26. The molecule has 12 heteroatoms. The van der Waals surface area contributed by atoms with Gasteiger partial charge in [-0.3, -0.25) is 4.79 Å². The van der Waals surface area contributed by atoms with E-state index in [0.717, 1.165) is 0 Å². The van der Waals surface area contributed by atoms with Crippen LogP contribution < -0.4 is 5.32 Å². The van der Waals surface area contributed by atoms with Gasteiger partial charge in [0.2, 0.25) is 0 Å². The van der Waals surface area contributed by atoms with Crippen molar-refractivity contribution in [2.24, 2.45) is 0 Å². The van der Waals surface area contributed by atoms with E-state index in [0.29, 0.717) is 0 Å². The highest BCUT2D eigenvalue weighted by atomic mass is 32.8. The summed E-state index contributed by atoms with van der Waals surface area (Å²) in [6.45, 7) is -1.41. The van der Waals surface area contributed by atoms with Gasteiger partial charge in [-0.25, -0.2) is 4.21 Å². The van der Waals surface area contributed by atoms with Crippen LogP contribution in [-0.4, -0.2) is 94.7 Å². The monoisotopic (exact) mass is 349 g/mol. The summed E-state index contributed by atoms with van der Waals surface area (Å²) >= 11 is 4.17. The Morgan fingerprint density at radius 1 is 1.14 bits per heavy atom. The van der Waals surface area contributed by atoms with E-state index in [2.05, 4.69) is 16.5 Å². The Balaban J connectivity index is 4.56. The lowest BCUT2D eigenvalue weighted by Crippen LogP contribution is -2.52. The second-order valence-corrected chi connectivity index (χ2v) is 7.41. The van der Waals surface area contributed by atoms with Crippen molar-refractivity contribution in [3.8, 4) is 0 Å². The number of aliphatic carboxylic acids is 1. The molecule has 0 radical (unpaired) electrons. The fourth-order valence-corrected chi connectivity index (χ4v) is 2.47. The van der Waals surface area contributed by atoms with Crippen LogP contribution in [0.3, 0.4) is 0 Å². The van der Waals surface area contributed by atoms with Gasteiger partial charge in [0, 0.05) is 17.7 Å². The summed E-state index contributed by atoms with van der Waals surface area (Å²) in [4.78, 5) is 10.8. The van der Waals surface area contributed by atoms with Crippen molar-refractivity contribution >= 4 is 25.9 Å². The van der Waals surface area contributed by atoms with Gasteiger partial charge in [-0.05, 0) is 0 Å².